The summed E-state index contributed by atoms with van der Waals surface area (Å²) in [5.74, 6) is -0.962. The standard InChI is InChI=1S/C10H8N2O2/c13-10(14)5-4-8-7-11-9-3-1-2-6-12(8)9/h1-7H,(H,13,14). The molecule has 0 aliphatic heterocycles. The number of hydrogen-bond donors (Lipinski definition) is 1. The summed E-state index contributed by atoms with van der Waals surface area (Å²) < 4.78 is 1.82. The molecule has 14 heavy (non-hydrogen) atoms. The van der Waals surface area contributed by atoms with Crippen LogP contribution in [0, 0.1) is 0 Å². The van der Waals surface area contributed by atoms with E-state index in [1.54, 1.807) is 6.20 Å². The van der Waals surface area contributed by atoms with E-state index in [9.17, 15) is 4.79 Å². The summed E-state index contributed by atoms with van der Waals surface area (Å²) in [6.07, 6.45) is 6.08. The monoisotopic (exact) mass is 188 g/mol. The molecular formula is C10H8N2O2. The first-order chi connectivity index (χ1) is 6.77. The molecule has 0 saturated heterocycles. The Balaban J connectivity index is 2.48. The molecule has 0 aliphatic carbocycles. The van der Waals surface area contributed by atoms with E-state index in [0.29, 0.717) is 0 Å². The number of imidazole rings is 1. The lowest BCUT2D eigenvalue weighted by atomic mass is 10.4. The Morgan fingerprint density at radius 1 is 1.50 bits per heavy atom. The van der Waals surface area contributed by atoms with Gasteiger partial charge in [-0.05, 0) is 18.2 Å². The molecule has 0 radical (unpaired) electrons. The predicted molar refractivity (Wildman–Crippen MR) is 51.9 cm³/mol. The Hall–Kier alpha value is -2.10. The first-order valence-electron chi connectivity index (χ1n) is 4.10. The summed E-state index contributed by atoms with van der Waals surface area (Å²) in [6, 6.07) is 5.61. The van der Waals surface area contributed by atoms with Crippen LogP contribution in [0.1, 0.15) is 5.69 Å². The maximum atomic E-state index is 10.3. The predicted octanol–water partition coefficient (Wildman–Crippen LogP) is 1.43. The maximum absolute atomic E-state index is 10.3. The Labute approximate surface area is 80.1 Å². The third kappa shape index (κ3) is 1.50. The van der Waals surface area contributed by atoms with Gasteiger partial charge in [0.25, 0.3) is 0 Å². The minimum Gasteiger partial charge on any atom is -0.478 e. The average Bonchev–Trinajstić information content (AvgIpc) is 2.58. The molecule has 0 amide bonds. The maximum Gasteiger partial charge on any atom is 0.328 e. The van der Waals surface area contributed by atoms with Gasteiger partial charge in [0.15, 0.2) is 0 Å². The van der Waals surface area contributed by atoms with Gasteiger partial charge in [-0.25, -0.2) is 9.78 Å². The summed E-state index contributed by atoms with van der Waals surface area (Å²) in [4.78, 5) is 14.4. The van der Waals surface area contributed by atoms with Crippen LogP contribution in [0.3, 0.4) is 0 Å². The van der Waals surface area contributed by atoms with Crippen molar-refractivity contribution in [1.29, 1.82) is 0 Å². The van der Waals surface area contributed by atoms with Crippen LogP contribution in [0.25, 0.3) is 11.7 Å². The highest BCUT2D eigenvalue weighted by atomic mass is 16.4. The van der Waals surface area contributed by atoms with Crippen molar-refractivity contribution < 1.29 is 9.90 Å². The molecule has 2 rings (SSSR count). The van der Waals surface area contributed by atoms with Gasteiger partial charge in [-0.2, -0.15) is 0 Å². The lowest BCUT2D eigenvalue weighted by molar-refractivity contribution is -0.131. The molecule has 0 aromatic carbocycles. The number of carboxylic acids is 1. The highest BCUT2D eigenvalue weighted by Crippen LogP contribution is 2.07. The van der Waals surface area contributed by atoms with Gasteiger partial charge in [-0.1, -0.05) is 6.07 Å². The molecule has 4 heteroatoms. The molecule has 0 spiro atoms. The minimum absolute atomic E-state index is 0.753. The highest BCUT2D eigenvalue weighted by molar-refractivity contribution is 5.85. The number of fused-ring (bicyclic) bond motifs is 1. The number of aromatic nitrogens is 2. The van der Waals surface area contributed by atoms with Crippen molar-refractivity contribution in [3.05, 3.63) is 42.4 Å². The normalized spacial score (nSPS) is 11.1. The fourth-order valence-electron chi connectivity index (χ4n) is 1.23. The number of hydrogen-bond acceptors (Lipinski definition) is 2. The topological polar surface area (TPSA) is 54.6 Å². The van der Waals surface area contributed by atoms with Crippen molar-refractivity contribution in [2.24, 2.45) is 0 Å². The average molecular weight is 188 g/mol. The third-order valence-electron chi connectivity index (χ3n) is 1.84. The first kappa shape index (κ1) is 8.50. The van der Waals surface area contributed by atoms with Crippen LogP contribution < -0.4 is 0 Å². The molecule has 2 heterocycles. The van der Waals surface area contributed by atoms with E-state index in [1.165, 1.54) is 6.08 Å². The largest absolute Gasteiger partial charge is 0.478 e. The Morgan fingerprint density at radius 2 is 2.36 bits per heavy atom. The Morgan fingerprint density at radius 3 is 3.14 bits per heavy atom. The molecule has 4 nitrogen and oxygen atoms in total. The number of pyridine rings is 1. The minimum atomic E-state index is -0.962. The summed E-state index contributed by atoms with van der Waals surface area (Å²) in [5.41, 5.74) is 1.56. The quantitative estimate of drug-likeness (QED) is 0.725. The van der Waals surface area contributed by atoms with Gasteiger partial charge in [0.05, 0.1) is 11.9 Å². The molecule has 0 saturated carbocycles. The van der Waals surface area contributed by atoms with Gasteiger partial charge < -0.3 is 9.51 Å². The second-order valence-corrected chi connectivity index (χ2v) is 2.78. The van der Waals surface area contributed by atoms with Crippen molar-refractivity contribution in [2.45, 2.75) is 0 Å². The van der Waals surface area contributed by atoms with Crippen LogP contribution in [-0.4, -0.2) is 20.5 Å². The summed E-state index contributed by atoms with van der Waals surface area (Å²) >= 11 is 0. The van der Waals surface area contributed by atoms with Gasteiger partial charge in [0.2, 0.25) is 0 Å². The summed E-state index contributed by atoms with van der Waals surface area (Å²) in [7, 11) is 0. The van der Waals surface area contributed by atoms with Crippen LogP contribution in [0.4, 0.5) is 0 Å². The van der Waals surface area contributed by atoms with Crippen molar-refractivity contribution in [3.63, 3.8) is 0 Å². The lowest BCUT2D eigenvalue weighted by Gasteiger charge is -1.93. The van der Waals surface area contributed by atoms with E-state index in [2.05, 4.69) is 4.98 Å². The number of carboxylic acid groups (broad SMARTS) is 1. The van der Waals surface area contributed by atoms with E-state index >= 15 is 0 Å². The number of aliphatic carboxylic acids is 1. The van der Waals surface area contributed by atoms with Gasteiger partial charge in [0.1, 0.15) is 5.65 Å². The van der Waals surface area contributed by atoms with Crippen molar-refractivity contribution in [1.82, 2.24) is 9.38 Å². The molecule has 0 unspecified atom stereocenters. The third-order valence-corrected chi connectivity index (χ3v) is 1.84. The van der Waals surface area contributed by atoms with Crippen molar-refractivity contribution in [3.8, 4) is 0 Å². The van der Waals surface area contributed by atoms with Gasteiger partial charge >= 0.3 is 5.97 Å². The van der Waals surface area contributed by atoms with Crippen LogP contribution >= 0.6 is 0 Å². The molecule has 0 aliphatic rings. The summed E-state index contributed by atoms with van der Waals surface area (Å²) in [6.45, 7) is 0. The number of carbonyl (C=O) groups is 1. The van der Waals surface area contributed by atoms with Gasteiger partial charge in [-0.15, -0.1) is 0 Å². The molecular weight excluding hydrogens is 180 g/mol. The molecule has 1 N–H and O–H groups in total. The van der Waals surface area contributed by atoms with E-state index in [1.807, 2.05) is 28.8 Å². The number of rotatable bonds is 2. The fourth-order valence-corrected chi connectivity index (χ4v) is 1.23. The van der Waals surface area contributed by atoms with Gasteiger partial charge in [0, 0.05) is 12.3 Å². The van der Waals surface area contributed by atoms with E-state index in [4.69, 9.17) is 5.11 Å². The molecule has 0 atom stereocenters. The van der Waals surface area contributed by atoms with E-state index in [-0.39, 0.29) is 0 Å². The smallest absolute Gasteiger partial charge is 0.328 e. The van der Waals surface area contributed by atoms with Crippen LogP contribution in [0.5, 0.6) is 0 Å². The van der Waals surface area contributed by atoms with E-state index in [0.717, 1.165) is 17.4 Å². The SMILES string of the molecule is O=C(O)C=Cc1cnc2ccccn12. The van der Waals surface area contributed by atoms with Crippen LogP contribution in [0.15, 0.2) is 36.7 Å². The van der Waals surface area contributed by atoms with Crippen molar-refractivity contribution >= 4 is 17.7 Å². The molecule has 0 bridgehead atoms. The van der Waals surface area contributed by atoms with Crippen molar-refractivity contribution in [2.75, 3.05) is 0 Å². The zero-order chi connectivity index (χ0) is 9.97. The zero-order valence-corrected chi connectivity index (χ0v) is 7.29. The molecule has 70 valence electrons. The first-order valence-corrected chi connectivity index (χ1v) is 4.10. The Kier molecular flexibility index (Phi) is 2.02. The zero-order valence-electron chi connectivity index (χ0n) is 7.29. The number of nitrogens with zero attached hydrogens (tertiary/aromatic N) is 2. The lowest BCUT2D eigenvalue weighted by Crippen LogP contribution is -1.88. The molecule has 0 fully saturated rings. The van der Waals surface area contributed by atoms with Crippen LogP contribution in [0.2, 0.25) is 0 Å². The Bertz CT molecular complexity index is 500. The second-order valence-electron chi connectivity index (χ2n) is 2.78. The van der Waals surface area contributed by atoms with Gasteiger partial charge in [-0.3, -0.25) is 0 Å². The summed E-state index contributed by atoms with van der Waals surface area (Å²) in [5, 5.41) is 8.47. The molecule has 2 aromatic heterocycles. The highest BCUT2D eigenvalue weighted by Gasteiger charge is 1.98. The van der Waals surface area contributed by atoms with E-state index < -0.39 is 5.97 Å². The second kappa shape index (κ2) is 3.33. The fraction of sp³-hybridized carbons (Fsp3) is 0. The molecule has 2 aromatic rings. The van der Waals surface area contributed by atoms with Crippen LogP contribution in [-0.2, 0) is 4.79 Å².